The number of thioether (sulfide) groups is 1. The molecule has 1 aliphatic heterocycles. The third-order valence-corrected chi connectivity index (χ3v) is 4.57. The number of carbonyl (C=O) groups is 1. The van der Waals surface area contributed by atoms with Gasteiger partial charge >= 0.3 is 6.03 Å². The zero-order valence-corrected chi connectivity index (χ0v) is 13.7. The number of hydrogen-bond acceptors (Lipinski definition) is 4. The zero-order valence-electron chi connectivity index (χ0n) is 12.9. The minimum absolute atomic E-state index is 0.205. The Balaban J connectivity index is 1.54. The average Bonchev–Trinajstić information content (AvgIpc) is 2.62. The van der Waals surface area contributed by atoms with Gasteiger partial charge in [0, 0.05) is 43.0 Å². The van der Waals surface area contributed by atoms with Crippen LogP contribution >= 0.6 is 11.8 Å². The number of pyridine rings is 1. The Labute approximate surface area is 140 Å². The van der Waals surface area contributed by atoms with Gasteiger partial charge in [-0.2, -0.15) is 11.8 Å². The van der Waals surface area contributed by atoms with E-state index in [4.69, 9.17) is 0 Å². The number of nitrogens with zero attached hydrogens (tertiary/aromatic N) is 2. The molecule has 1 aromatic heterocycles. The number of anilines is 2. The average molecular weight is 328 g/mol. The van der Waals surface area contributed by atoms with Crippen LogP contribution in [0.25, 0.3) is 0 Å². The van der Waals surface area contributed by atoms with Crippen molar-refractivity contribution < 1.29 is 4.79 Å². The monoisotopic (exact) mass is 328 g/mol. The number of urea groups is 1. The number of hydrogen-bond donors (Lipinski definition) is 2. The van der Waals surface area contributed by atoms with Gasteiger partial charge in [-0.1, -0.05) is 18.2 Å². The predicted octanol–water partition coefficient (Wildman–Crippen LogP) is 2.96. The lowest BCUT2D eigenvalue weighted by atomic mass is 10.2. The highest BCUT2D eigenvalue weighted by molar-refractivity contribution is 7.99. The second-order valence-electron chi connectivity index (χ2n) is 5.30. The van der Waals surface area contributed by atoms with E-state index >= 15 is 0 Å². The molecule has 3 rings (SSSR count). The number of rotatable bonds is 4. The summed E-state index contributed by atoms with van der Waals surface area (Å²) in [6.45, 7) is 2.54. The lowest BCUT2D eigenvalue weighted by molar-refractivity contribution is 0.251. The zero-order chi connectivity index (χ0) is 15.9. The van der Waals surface area contributed by atoms with Crippen LogP contribution < -0.4 is 15.5 Å². The van der Waals surface area contributed by atoms with E-state index in [0.29, 0.717) is 6.54 Å². The summed E-state index contributed by atoms with van der Waals surface area (Å²) in [6, 6.07) is 13.2. The summed E-state index contributed by atoms with van der Waals surface area (Å²) in [5.74, 6) is 3.28. The minimum atomic E-state index is -0.205. The van der Waals surface area contributed by atoms with E-state index in [1.165, 1.54) is 0 Å². The van der Waals surface area contributed by atoms with Crippen molar-refractivity contribution in [1.29, 1.82) is 0 Å². The number of carbonyl (C=O) groups excluding carboxylic acids is 1. The van der Waals surface area contributed by atoms with Crippen LogP contribution in [0.4, 0.5) is 16.3 Å². The van der Waals surface area contributed by atoms with Gasteiger partial charge in [0.1, 0.15) is 5.82 Å². The molecule has 2 N–H and O–H groups in total. The highest BCUT2D eigenvalue weighted by Gasteiger charge is 2.12. The summed E-state index contributed by atoms with van der Waals surface area (Å²) in [5.41, 5.74) is 1.84. The molecule has 5 nitrogen and oxygen atoms in total. The third kappa shape index (κ3) is 4.63. The number of aromatic nitrogens is 1. The van der Waals surface area contributed by atoms with E-state index in [1.54, 1.807) is 0 Å². The fraction of sp³-hybridized carbons (Fsp3) is 0.294. The van der Waals surface area contributed by atoms with Crippen LogP contribution in [0.5, 0.6) is 0 Å². The van der Waals surface area contributed by atoms with Crippen LogP contribution in [-0.2, 0) is 6.54 Å². The highest BCUT2D eigenvalue weighted by atomic mass is 32.2. The van der Waals surface area contributed by atoms with Crippen LogP contribution in [-0.4, -0.2) is 35.6 Å². The quantitative estimate of drug-likeness (QED) is 0.906. The maximum atomic E-state index is 11.9. The molecule has 1 saturated heterocycles. The van der Waals surface area contributed by atoms with E-state index < -0.39 is 0 Å². The van der Waals surface area contributed by atoms with Gasteiger partial charge in [0.05, 0.1) is 0 Å². The van der Waals surface area contributed by atoms with Gasteiger partial charge in [-0.3, -0.25) is 0 Å². The third-order valence-electron chi connectivity index (χ3n) is 3.63. The lowest BCUT2D eigenvalue weighted by Gasteiger charge is -2.27. The summed E-state index contributed by atoms with van der Waals surface area (Å²) in [5, 5.41) is 5.69. The van der Waals surface area contributed by atoms with E-state index in [2.05, 4.69) is 26.6 Å². The second-order valence-corrected chi connectivity index (χ2v) is 6.52. The Morgan fingerprint density at radius 3 is 2.74 bits per heavy atom. The van der Waals surface area contributed by atoms with Gasteiger partial charge < -0.3 is 15.5 Å². The van der Waals surface area contributed by atoms with E-state index in [1.807, 2.05) is 54.4 Å². The summed E-state index contributed by atoms with van der Waals surface area (Å²) in [4.78, 5) is 18.7. The molecule has 1 fully saturated rings. The maximum Gasteiger partial charge on any atom is 0.319 e. The molecule has 0 radical (unpaired) electrons. The molecule has 2 heterocycles. The van der Waals surface area contributed by atoms with Gasteiger partial charge in [-0.05, 0) is 29.8 Å². The first-order valence-electron chi connectivity index (χ1n) is 7.69. The molecule has 2 amide bonds. The molecule has 0 aliphatic carbocycles. The van der Waals surface area contributed by atoms with Crippen LogP contribution in [0.15, 0.2) is 48.7 Å². The van der Waals surface area contributed by atoms with Crippen molar-refractivity contribution in [3.8, 4) is 0 Å². The van der Waals surface area contributed by atoms with Crippen molar-refractivity contribution in [2.24, 2.45) is 0 Å². The normalized spacial score (nSPS) is 14.3. The highest BCUT2D eigenvalue weighted by Crippen LogP contribution is 2.18. The van der Waals surface area contributed by atoms with Crippen molar-refractivity contribution in [1.82, 2.24) is 10.3 Å². The molecule has 0 unspecified atom stereocenters. The van der Waals surface area contributed by atoms with Crippen LogP contribution in [0.2, 0.25) is 0 Å². The van der Waals surface area contributed by atoms with Crippen molar-refractivity contribution in [3.05, 3.63) is 54.2 Å². The molecule has 1 aromatic carbocycles. The molecule has 0 atom stereocenters. The van der Waals surface area contributed by atoms with E-state index in [0.717, 1.165) is 41.7 Å². The van der Waals surface area contributed by atoms with Crippen molar-refractivity contribution in [2.75, 3.05) is 34.8 Å². The molecule has 2 aromatic rings. The summed E-state index contributed by atoms with van der Waals surface area (Å²) in [6.07, 6.45) is 1.81. The fourth-order valence-electron chi connectivity index (χ4n) is 2.42. The van der Waals surface area contributed by atoms with Crippen molar-refractivity contribution in [3.63, 3.8) is 0 Å². The van der Waals surface area contributed by atoms with E-state index in [-0.39, 0.29) is 6.03 Å². The molecule has 120 valence electrons. The molecular weight excluding hydrogens is 308 g/mol. The Hall–Kier alpha value is -2.21. The maximum absolute atomic E-state index is 11.9. The number of benzene rings is 1. The Morgan fingerprint density at radius 1 is 1.17 bits per heavy atom. The fourth-order valence-corrected chi connectivity index (χ4v) is 3.32. The summed E-state index contributed by atoms with van der Waals surface area (Å²) < 4.78 is 0. The molecular formula is C17H20N4OS. The van der Waals surface area contributed by atoms with Crippen LogP contribution in [0.3, 0.4) is 0 Å². The predicted molar refractivity (Wildman–Crippen MR) is 96.1 cm³/mol. The Bertz CT molecular complexity index is 644. The molecule has 6 heteroatoms. The van der Waals surface area contributed by atoms with Gasteiger partial charge in [0.25, 0.3) is 0 Å². The summed E-state index contributed by atoms with van der Waals surface area (Å²) >= 11 is 1.98. The standard InChI is InChI=1S/C17H20N4OS/c22-17(20-15-4-2-1-3-5-15)19-13-14-6-7-18-16(12-14)21-8-10-23-11-9-21/h1-7,12H,8-11,13H2,(H2,19,20,22). The first-order valence-corrected chi connectivity index (χ1v) is 8.84. The van der Waals surface area contributed by atoms with Crippen molar-refractivity contribution >= 4 is 29.3 Å². The first kappa shape index (κ1) is 15.7. The first-order chi connectivity index (χ1) is 11.3. The molecule has 0 bridgehead atoms. The largest absolute Gasteiger partial charge is 0.355 e. The molecule has 1 aliphatic rings. The molecule has 0 spiro atoms. The van der Waals surface area contributed by atoms with Gasteiger partial charge in [-0.15, -0.1) is 0 Å². The van der Waals surface area contributed by atoms with Gasteiger partial charge in [0.15, 0.2) is 0 Å². The second kappa shape index (κ2) is 7.87. The summed E-state index contributed by atoms with van der Waals surface area (Å²) in [7, 11) is 0. The van der Waals surface area contributed by atoms with Crippen LogP contribution in [0.1, 0.15) is 5.56 Å². The number of amides is 2. The van der Waals surface area contributed by atoms with Gasteiger partial charge in [-0.25, -0.2) is 9.78 Å². The number of nitrogens with one attached hydrogen (secondary N) is 2. The Morgan fingerprint density at radius 2 is 1.96 bits per heavy atom. The topological polar surface area (TPSA) is 57.3 Å². The minimum Gasteiger partial charge on any atom is -0.355 e. The molecule has 0 saturated carbocycles. The van der Waals surface area contributed by atoms with Crippen molar-refractivity contribution in [2.45, 2.75) is 6.54 Å². The lowest BCUT2D eigenvalue weighted by Crippen LogP contribution is -2.33. The Kier molecular flexibility index (Phi) is 5.37. The SMILES string of the molecule is O=C(NCc1ccnc(N2CCSCC2)c1)Nc1ccccc1. The smallest absolute Gasteiger partial charge is 0.319 e. The van der Waals surface area contributed by atoms with E-state index in [9.17, 15) is 4.79 Å². The van der Waals surface area contributed by atoms with Crippen LogP contribution in [0, 0.1) is 0 Å². The van der Waals surface area contributed by atoms with Gasteiger partial charge in [0.2, 0.25) is 0 Å². The number of para-hydroxylation sites is 1. The molecule has 23 heavy (non-hydrogen) atoms.